The summed E-state index contributed by atoms with van der Waals surface area (Å²) in [6, 6.07) is 1.66. The first-order valence-electron chi connectivity index (χ1n) is 8.01. The molecular formula is C16H24N4O. The van der Waals surface area contributed by atoms with E-state index in [0.717, 1.165) is 19.3 Å². The number of rotatable bonds is 6. The molecule has 0 spiro atoms. The number of piperidine rings is 1. The summed E-state index contributed by atoms with van der Waals surface area (Å²) in [6.07, 6.45) is 12.7. The zero-order valence-corrected chi connectivity index (χ0v) is 12.7. The Bertz CT molecular complexity index is 461. The van der Waals surface area contributed by atoms with Crippen LogP contribution >= 0.6 is 0 Å². The van der Waals surface area contributed by atoms with Crippen LogP contribution in [0.4, 0.5) is 0 Å². The van der Waals surface area contributed by atoms with Crippen molar-refractivity contribution in [2.45, 2.75) is 75.2 Å². The molecule has 0 saturated carbocycles. The van der Waals surface area contributed by atoms with E-state index in [4.69, 9.17) is 6.42 Å². The molecule has 0 aromatic rings. The molecular weight excluding hydrogens is 264 g/mol. The Hall–Kier alpha value is -1.41. The average molecular weight is 288 g/mol. The number of carbonyl (C=O) groups is 1. The van der Waals surface area contributed by atoms with E-state index in [0.29, 0.717) is 37.4 Å². The lowest BCUT2D eigenvalue weighted by Crippen LogP contribution is -2.48. The van der Waals surface area contributed by atoms with E-state index in [2.05, 4.69) is 33.4 Å². The summed E-state index contributed by atoms with van der Waals surface area (Å²) in [5, 5.41) is 11.4. The molecule has 114 valence electrons. The molecule has 5 nitrogen and oxygen atoms in total. The van der Waals surface area contributed by atoms with Gasteiger partial charge in [-0.1, -0.05) is 0 Å². The van der Waals surface area contributed by atoms with Crippen LogP contribution in [0.2, 0.25) is 0 Å². The number of hydrogen-bond donors (Lipinski definition) is 1. The zero-order chi connectivity index (χ0) is 14.9. The number of terminal acetylenes is 1. The molecule has 21 heavy (non-hydrogen) atoms. The molecule has 0 aliphatic carbocycles. The fraction of sp³-hybridized carbons (Fsp3) is 0.812. The Morgan fingerprint density at radius 1 is 1.33 bits per heavy atom. The third-order valence-corrected chi connectivity index (χ3v) is 5.27. The van der Waals surface area contributed by atoms with Crippen molar-refractivity contribution in [3.05, 3.63) is 0 Å². The van der Waals surface area contributed by atoms with Crippen molar-refractivity contribution in [1.29, 1.82) is 0 Å². The smallest absolute Gasteiger partial charge is 0.220 e. The van der Waals surface area contributed by atoms with Gasteiger partial charge in [0.2, 0.25) is 5.91 Å². The summed E-state index contributed by atoms with van der Waals surface area (Å²) in [5.74, 6) is 2.75. The van der Waals surface area contributed by atoms with Gasteiger partial charge in [-0.05, 0) is 32.7 Å². The van der Waals surface area contributed by atoms with Gasteiger partial charge in [-0.3, -0.25) is 4.79 Å². The van der Waals surface area contributed by atoms with Gasteiger partial charge in [-0.25, -0.2) is 0 Å². The Balaban J connectivity index is 1.40. The maximum Gasteiger partial charge on any atom is 0.220 e. The number of nitrogens with zero attached hydrogens (tertiary/aromatic N) is 3. The summed E-state index contributed by atoms with van der Waals surface area (Å²) in [7, 11) is 2.21. The largest absolute Gasteiger partial charge is 0.353 e. The Labute approximate surface area is 126 Å². The number of fused-ring (bicyclic) bond motifs is 2. The summed E-state index contributed by atoms with van der Waals surface area (Å²) in [6.45, 7) is 0. The second kappa shape index (κ2) is 5.76. The normalized spacial score (nSPS) is 32.7. The topological polar surface area (TPSA) is 57.1 Å². The van der Waals surface area contributed by atoms with Gasteiger partial charge < -0.3 is 10.2 Å². The molecule has 2 saturated heterocycles. The molecule has 3 aliphatic heterocycles. The van der Waals surface area contributed by atoms with Crippen LogP contribution in [0.25, 0.3) is 0 Å². The summed E-state index contributed by atoms with van der Waals surface area (Å²) in [4.78, 5) is 14.6. The van der Waals surface area contributed by atoms with E-state index in [-0.39, 0.29) is 11.6 Å². The van der Waals surface area contributed by atoms with Gasteiger partial charge in [0.05, 0.1) is 0 Å². The third kappa shape index (κ3) is 3.26. The van der Waals surface area contributed by atoms with Crippen LogP contribution in [-0.2, 0) is 4.79 Å². The molecule has 0 radical (unpaired) electrons. The zero-order valence-electron chi connectivity index (χ0n) is 12.7. The lowest BCUT2D eigenvalue weighted by atomic mass is 9.97. The molecule has 2 atom stereocenters. The van der Waals surface area contributed by atoms with Crippen LogP contribution in [0.15, 0.2) is 10.2 Å². The van der Waals surface area contributed by atoms with Crippen molar-refractivity contribution in [3.8, 4) is 12.3 Å². The summed E-state index contributed by atoms with van der Waals surface area (Å²) < 4.78 is 0. The maximum absolute atomic E-state index is 12.1. The van der Waals surface area contributed by atoms with E-state index in [1.54, 1.807) is 0 Å². The van der Waals surface area contributed by atoms with Gasteiger partial charge in [0, 0.05) is 43.8 Å². The highest BCUT2D eigenvalue weighted by Crippen LogP contribution is 2.38. The van der Waals surface area contributed by atoms with Crippen molar-refractivity contribution < 1.29 is 4.79 Å². The fourth-order valence-electron chi connectivity index (χ4n) is 3.81. The molecule has 2 bridgehead atoms. The highest BCUT2D eigenvalue weighted by atomic mass is 16.1. The van der Waals surface area contributed by atoms with Gasteiger partial charge in [0.15, 0.2) is 5.66 Å². The second-order valence-electron chi connectivity index (χ2n) is 6.67. The van der Waals surface area contributed by atoms with Crippen molar-refractivity contribution in [2.24, 2.45) is 10.2 Å². The van der Waals surface area contributed by atoms with Crippen molar-refractivity contribution in [2.75, 3.05) is 7.05 Å². The summed E-state index contributed by atoms with van der Waals surface area (Å²) in [5.41, 5.74) is -0.338. The van der Waals surface area contributed by atoms with E-state index < -0.39 is 0 Å². The SMILES string of the molecule is C#CCCC1(CCC(=O)NC2CC3CCC(C2)N3C)N=N1. The monoisotopic (exact) mass is 288 g/mol. The first kappa shape index (κ1) is 14.5. The minimum absolute atomic E-state index is 0.140. The van der Waals surface area contributed by atoms with Crippen LogP contribution in [0.5, 0.6) is 0 Å². The van der Waals surface area contributed by atoms with Gasteiger partial charge in [-0.15, -0.1) is 12.3 Å². The number of amides is 1. The standard InChI is InChI=1S/C16H24N4O/c1-3-4-8-16(18-19-16)9-7-15(21)17-12-10-13-5-6-14(11-12)20(13)2/h1,12-14H,4-11H2,2H3,(H,17,21). The lowest BCUT2D eigenvalue weighted by Gasteiger charge is -2.36. The van der Waals surface area contributed by atoms with Crippen molar-refractivity contribution >= 4 is 5.91 Å². The quantitative estimate of drug-likeness (QED) is 0.761. The molecule has 2 unspecified atom stereocenters. The molecule has 3 aliphatic rings. The first-order chi connectivity index (χ1) is 10.1. The van der Waals surface area contributed by atoms with Gasteiger partial charge in [0.25, 0.3) is 0 Å². The fourth-order valence-corrected chi connectivity index (χ4v) is 3.81. The average Bonchev–Trinajstić information content (AvgIpc) is 3.21. The van der Waals surface area contributed by atoms with E-state index in [1.807, 2.05) is 0 Å². The Kier molecular flexibility index (Phi) is 3.99. The molecule has 1 N–H and O–H groups in total. The molecule has 3 heterocycles. The van der Waals surface area contributed by atoms with Crippen LogP contribution < -0.4 is 5.32 Å². The van der Waals surface area contributed by atoms with Crippen molar-refractivity contribution in [3.63, 3.8) is 0 Å². The first-order valence-corrected chi connectivity index (χ1v) is 8.01. The van der Waals surface area contributed by atoms with Crippen LogP contribution in [0.3, 0.4) is 0 Å². The highest BCUT2D eigenvalue weighted by molar-refractivity contribution is 5.76. The number of carbonyl (C=O) groups excluding carboxylic acids is 1. The van der Waals surface area contributed by atoms with E-state index >= 15 is 0 Å². The molecule has 5 heteroatoms. The van der Waals surface area contributed by atoms with Crippen molar-refractivity contribution in [1.82, 2.24) is 10.2 Å². The van der Waals surface area contributed by atoms with Crippen LogP contribution in [-0.4, -0.2) is 41.6 Å². The molecule has 2 fully saturated rings. The number of nitrogens with one attached hydrogen (secondary N) is 1. The highest BCUT2D eigenvalue weighted by Gasteiger charge is 2.41. The molecule has 3 rings (SSSR count). The van der Waals surface area contributed by atoms with Gasteiger partial charge in [-0.2, -0.15) is 10.2 Å². The molecule has 0 aromatic heterocycles. The predicted octanol–water partition coefficient (Wildman–Crippen LogP) is 2.08. The van der Waals surface area contributed by atoms with E-state index in [1.165, 1.54) is 12.8 Å². The predicted molar refractivity (Wildman–Crippen MR) is 80.6 cm³/mol. The lowest BCUT2D eigenvalue weighted by molar-refractivity contribution is -0.122. The molecule has 0 aromatic carbocycles. The second-order valence-corrected chi connectivity index (χ2v) is 6.67. The molecule has 1 amide bonds. The van der Waals surface area contributed by atoms with Gasteiger partial charge >= 0.3 is 0 Å². The van der Waals surface area contributed by atoms with Crippen LogP contribution in [0.1, 0.15) is 51.4 Å². The number of hydrogen-bond acceptors (Lipinski definition) is 4. The van der Waals surface area contributed by atoms with E-state index in [9.17, 15) is 4.79 Å². The van der Waals surface area contributed by atoms with Gasteiger partial charge in [0.1, 0.15) is 0 Å². The van der Waals surface area contributed by atoms with Crippen LogP contribution in [0, 0.1) is 12.3 Å². The minimum Gasteiger partial charge on any atom is -0.353 e. The Morgan fingerprint density at radius 3 is 2.57 bits per heavy atom. The summed E-state index contributed by atoms with van der Waals surface area (Å²) >= 11 is 0. The third-order valence-electron chi connectivity index (χ3n) is 5.27. The maximum atomic E-state index is 12.1. The minimum atomic E-state index is -0.338. The Morgan fingerprint density at radius 2 is 2.00 bits per heavy atom.